The number of hydrogen-bond donors (Lipinski definition) is 0. The highest BCUT2D eigenvalue weighted by molar-refractivity contribution is 5.59. The van der Waals surface area contributed by atoms with Crippen molar-refractivity contribution in [2.24, 2.45) is 0 Å². The van der Waals surface area contributed by atoms with Gasteiger partial charge in [0, 0.05) is 11.8 Å². The Balaban J connectivity index is 1.73. The fraction of sp³-hybridized carbons (Fsp3) is 0.286. The number of ether oxygens (including phenoxy) is 1. The van der Waals surface area contributed by atoms with Crippen LogP contribution in [0.1, 0.15) is 31.9 Å². The highest BCUT2D eigenvalue weighted by atomic mass is 16.5. The van der Waals surface area contributed by atoms with E-state index in [-0.39, 0.29) is 5.41 Å². The van der Waals surface area contributed by atoms with Gasteiger partial charge in [-0.3, -0.25) is 4.68 Å². The molecule has 1 aromatic heterocycles. The minimum Gasteiger partial charge on any atom is -0.497 e. The summed E-state index contributed by atoms with van der Waals surface area (Å²) in [5.74, 6) is 0.858. The maximum absolute atomic E-state index is 5.20. The maximum Gasteiger partial charge on any atom is 0.118 e. The van der Waals surface area contributed by atoms with Gasteiger partial charge in [-0.1, -0.05) is 45.0 Å². The Labute approximate surface area is 143 Å². The molecule has 0 amide bonds. The van der Waals surface area contributed by atoms with E-state index in [4.69, 9.17) is 4.74 Å². The molecular formula is C21H24N2O. The second-order valence-corrected chi connectivity index (χ2v) is 7.07. The van der Waals surface area contributed by atoms with Crippen LogP contribution >= 0.6 is 0 Å². The summed E-state index contributed by atoms with van der Waals surface area (Å²) in [7, 11) is 1.68. The molecule has 124 valence electrons. The van der Waals surface area contributed by atoms with Gasteiger partial charge in [-0.25, -0.2) is 0 Å². The smallest absolute Gasteiger partial charge is 0.118 e. The van der Waals surface area contributed by atoms with Crippen molar-refractivity contribution in [1.82, 2.24) is 9.78 Å². The highest BCUT2D eigenvalue weighted by Gasteiger charge is 2.13. The molecule has 0 fully saturated rings. The molecule has 0 spiro atoms. The van der Waals surface area contributed by atoms with E-state index in [2.05, 4.69) is 50.1 Å². The van der Waals surface area contributed by atoms with Crippen LogP contribution in [0, 0.1) is 0 Å². The molecule has 3 aromatic rings. The van der Waals surface area contributed by atoms with E-state index in [1.807, 2.05) is 41.2 Å². The Hall–Kier alpha value is -2.55. The van der Waals surface area contributed by atoms with E-state index >= 15 is 0 Å². The first-order chi connectivity index (χ1) is 11.5. The van der Waals surface area contributed by atoms with Crippen LogP contribution in [-0.2, 0) is 12.0 Å². The zero-order valence-electron chi connectivity index (χ0n) is 14.8. The first kappa shape index (κ1) is 16.3. The second-order valence-electron chi connectivity index (χ2n) is 7.07. The summed E-state index contributed by atoms with van der Waals surface area (Å²) in [6.45, 7) is 7.48. The molecule has 0 N–H and O–H groups in total. The van der Waals surface area contributed by atoms with Gasteiger partial charge >= 0.3 is 0 Å². The van der Waals surface area contributed by atoms with Crippen LogP contribution in [0.4, 0.5) is 0 Å². The maximum atomic E-state index is 5.20. The third-order valence-electron chi connectivity index (χ3n) is 4.19. The number of methoxy groups -OCH3 is 1. The summed E-state index contributed by atoms with van der Waals surface area (Å²) in [5, 5.41) is 4.68. The summed E-state index contributed by atoms with van der Waals surface area (Å²) in [5.41, 5.74) is 4.87. The lowest BCUT2D eigenvalue weighted by molar-refractivity contribution is 0.415. The van der Waals surface area contributed by atoms with Gasteiger partial charge in [0.05, 0.1) is 19.3 Å². The molecule has 0 aliphatic heterocycles. The third-order valence-corrected chi connectivity index (χ3v) is 4.19. The molecule has 3 heteroatoms. The van der Waals surface area contributed by atoms with Crippen molar-refractivity contribution >= 4 is 0 Å². The highest BCUT2D eigenvalue weighted by Crippen LogP contribution is 2.23. The lowest BCUT2D eigenvalue weighted by Gasteiger charge is -2.19. The Bertz CT molecular complexity index is 793. The summed E-state index contributed by atoms with van der Waals surface area (Å²) >= 11 is 0. The number of rotatable bonds is 4. The van der Waals surface area contributed by atoms with Crippen molar-refractivity contribution in [2.75, 3.05) is 7.11 Å². The molecule has 0 aliphatic carbocycles. The monoisotopic (exact) mass is 320 g/mol. The third kappa shape index (κ3) is 3.67. The molecule has 0 unspecified atom stereocenters. The average Bonchev–Trinajstić information content (AvgIpc) is 3.03. The van der Waals surface area contributed by atoms with Crippen LogP contribution in [0.15, 0.2) is 60.8 Å². The van der Waals surface area contributed by atoms with Gasteiger partial charge < -0.3 is 4.74 Å². The molecule has 0 atom stereocenters. The predicted molar refractivity (Wildman–Crippen MR) is 98.5 cm³/mol. The Morgan fingerprint density at radius 1 is 0.917 bits per heavy atom. The zero-order valence-corrected chi connectivity index (χ0v) is 14.8. The van der Waals surface area contributed by atoms with Crippen molar-refractivity contribution in [3.63, 3.8) is 0 Å². The van der Waals surface area contributed by atoms with Crippen molar-refractivity contribution in [3.05, 3.63) is 71.9 Å². The van der Waals surface area contributed by atoms with E-state index in [0.717, 1.165) is 23.6 Å². The van der Waals surface area contributed by atoms with Gasteiger partial charge in [-0.15, -0.1) is 0 Å². The van der Waals surface area contributed by atoms with E-state index in [9.17, 15) is 0 Å². The van der Waals surface area contributed by atoms with E-state index in [1.54, 1.807) is 7.11 Å². The molecule has 0 radical (unpaired) electrons. The predicted octanol–water partition coefficient (Wildman–Crippen LogP) is 4.90. The molecule has 24 heavy (non-hydrogen) atoms. The molecule has 3 rings (SSSR count). The normalized spacial score (nSPS) is 11.5. The summed E-state index contributed by atoms with van der Waals surface area (Å²) in [4.78, 5) is 0. The molecule has 1 heterocycles. The standard InChI is InChI=1S/C21H24N2O/c1-21(2,3)18-9-5-16(6-10-18)15-23-14-13-20(22-23)17-7-11-19(24-4)12-8-17/h5-14H,15H2,1-4H3. The lowest BCUT2D eigenvalue weighted by atomic mass is 9.87. The molecule has 0 saturated carbocycles. The van der Waals surface area contributed by atoms with Crippen molar-refractivity contribution in [1.29, 1.82) is 0 Å². The fourth-order valence-corrected chi connectivity index (χ4v) is 2.66. The first-order valence-corrected chi connectivity index (χ1v) is 8.23. The van der Waals surface area contributed by atoms with Crippen LogP contribution in [-0.4, -0.2) is 16.9 Å². The fourth-order valence-electron chi connectivity index (χ4n) is 2.66. The van der Waals surface area contributed by atoms with Crippen LogP contribution < -0.4 is 4.74 Å². The molecular weight excluding hydrogens is 296 g/mol. The van der Waals surface area contributed by atoms with Crippen LogP contribution in [0.2, 0.25) is 0 Å². The minimum atomic E-state index is 0.186. The summed E-state index contributed by atoms with van der Waals surface area (Å²) < 4.78 is 7.17. The van der Waals surface area contributed by atoms with E-state index < -0.39 is 0 Å². The number of nitrogens with zero attached hydrogens (tertiary/aromatic N) is 2. The summed E-state index contributed by atoms with van der Waals surface area (Å²) in [6, 6.07) is 18.8. The van der Waals surface area contributed by atoms with Crippen LogP contribution in [0.25, 0.3) is 11.3 Å². The Morgan fingerprint density at radius 3 is 2.17 bits per heavy atom. The molecule has 2 aromatic carbocycles. The molecule has 0 saturated heterocycles. The largest absolute Gasteiger partial charge is 0.497 e. The van der Waals surface area contributed by atoms with Crippen LogP contribution in [0.3, 0.4) is 0 Å². The van der Waals surface area contributed by atoms with Gasteiger partial charge in [0.25, 0.3) is 0 Å². The van der Waals surface area contributed by atoms with Gasteiger partial charge in [0.1, 0.15) is 5.75 Å². The number of aromatic nitrogens is 2. The molecule has 3 nitrogen and oxygen atoms in total. The number of hydrogen-bond acceptors (Lipinski definition) is 2. The summed E-state index contributed by atoms with van der Waals surface area (Å²) in [6.07, 6.45) is 2.03. The minimum absolute atomic E-state index is 0.186. The number of benzene rings is 2. The second kappa shape index (κ2) is 6.52. The molecule has 0 aliphatic rings. The SMILES string of the molecule is COc1ccc(-c2ccn(Cc3ccc(C(C)(C)C)cc3)n2)cc1. The van der Waals surface area contributed by atoms with E-state index in [0.29, 0.717) is 0 Å². The van der Waals surface area contributed by atoms with Gasteiger partial charge in [0.2, 0.25) is 0 Å². The van der Waals surface area contributed by atoms with E-state index in [1.165, 1.54) is 11.1 Å². The van der Waals surface area contributed by atoms with Crippen molar-refractivity contribution in [2.45, 2.75) is 32.7 Å². The topological polar surface area (TPSA) is 27.1 Å². The quantitative estimate of drug-likeness (QED) is 0.683. The van der Waals surface area contributed by atoms with Gasteiger partial charge in [-0.05, 0) is 46.9 Å². The van der Waals surface area contributed by atoms with Crippen LogP contribution in [0.5, 0.6) is 5.75 Å². The lowest BCUT2D eigenvalue weighted by Crippen LogP contribution is -2.11. The molecule has 0 bridgehead atoms. The Morgan fingerprint density at radius 2 is 1.58 bits per heavy atom. The van der Waals surface area contributed by atoms with Crippen molar-refractivity contribution < 1.29 is 4.74 Å². The average molecular weight is 320 g/mol. The van der Waals surface area contributed by atoms with Gasteiger partial charge in [-0.2, -0.15) is 5.10 Å². The zero-order chi connectivity index (χ0) is 17.2. The Kier molecular flexibility index (Phi) is 4.43. The van der Waals surface area contributed by atoms with Gasteiger partial charge in [0.15, 0.2) is 0 Å². The first-order valence-electron chi connectivity index (χ1n) is 8.23. The van der Waals surface area contributed by atoms with Crippen molar-refractivity contribution in [3.8, 4) is 17.0 Å².